The van der Waals surface area contributed by atoms with Crippen molar-refractivity contribution in [3.63, 3.8) is 0 Å². The molecule has 0 aliphatic carbocycles. The molecule has 1 aliphatic heterocycles. The molecule has 3 rings (SSSR count). The SMILES string of the molecule is CN1Cc2ccccc2-n2ncc(Br)c2C1=O. The van der Waals surface area contributed by atoms with Gasteiger partial charge in [-0.25, -0.2) is 4.68 Å². The summed E-state index contributed by atoms with van der Waals surface area (Å²) in [4.78, 5) is 13.9. The lowest BCUT2D eigenvalue weighted by molar-refractivity contribution is 0.0780. The van der Waals surface area contributed by atoms with Crippen LogP contribution in [0.4, 0.5) is 0 Å². The van der Waals surface area contributed by atoms with Gasteiger partial charge in [-0.3, -0.25) is 4.79 Å². The Hall–Kier alpha value is -1.62. The fourth-order valence-corrected chi connectivity index (χ4v) is 2.49. The molecular weight excluding hydrogens is 282 g/mol. The van der Waals surface area contributed by atoms with Crippen molar-refractivity contribution in [2.45, 2.75) is 6.54 Å². The summed E-state index contributed by atoms with van der Waals surface area (Å²) in [5.41, 5.74) is 2.64. The van der Waals surface area contributed by atoms with E-state index >= 15 is 0 Å². The summed E-state index contributed by atoms with van der Waals surface area (Å²) >= 11 is 3.38. The zero-order valence-electron chi connectivity index (χ0n) is 9.22. The van der Waals surface area contributed by atoms with Crippen LogP contribution in [-0.2, 0) is 6.54 Å². The lowest BCUT2D eigenvalue weighted by atomic mass is 10.2. The molecule has 5 heteroatoms. The van der Waals surface area contributed by atoms with E-state index in [0.717, 1.165) is 15.7 Å². The van der Waals surface area contributed by atoms with E-state index in [-0.39, 0.29) is 5.91 Å². The third-order valence-electron chi connectivity index (χ3n) is 2.90. The molecule has 0 saturated heterocycles. The molecule has 0 fully saturated rings. The van der Waals surface area contributed by atoms with E-state index in [4.69, 9.17) is 0 Å². The van der Waals surface area contributed by atoms with E-state index in [2.05, 4.69) is 21.0 Å². The monoisotopic (exact) mass is 291 g/mol. The van der Waals surface area contributed by atoms with Crippen molar-refractivity contribution >= 4 is 21.8 Å². The molecule has 0 saturated carbocycles. The average molecular weight is 292 g/mol. The lowest BCUT2D eigenvalue weighted by Gasteiger charge is -2.13. The molecule has 0 unspecified atom stereocenters. The molecule has 1 amide bonds. The highest BCUT2D eigenvalue weighted by atomic mass is 79.9. The van der Waals surface area contributed by atoms with Crippen LogP contribution in [0.5, 0.6) is 0 Å². The van der Waals surface area contributed by atoms with Crippen LogP contribution in [-0.4, -0.2) is 27.6 Å². The Morgan fingerprint density at radius 1 is 1.35 bits per heavy atom. The summed E-state index contributed by atoms with van der Waals surface area (Å²) in [7, 11) is 1.80. The summed E-state index contributed by atoms with van der Waals surface area (Å²) in [5.74, 6) is -0.0226. The summed E-state index contributed by atoms with van der Waals surface area (Å²) in [6.07, 6.45) is 1.66. The van der Waals surface area contributed by atoms with Gasteiger partial charge in [-0.2, -0.15) is 5.10 Å². The van der Waals surface area contributed by atoms with Crippen LogP contribution in [0.25, 0.3) is 5.69 Å². The van der Waals surface area contributed by atoms with Gasteiger partial charge in [0, 0.05) is 13.6 Å². The van der Waals surface area contributed by atoms with Gasteiger partial charge in [0.2, 0.25) is 0 Å². The van der Waals surface area contributed by atoms with Crippen LogP contribution in [0.3, 0.4) is 0 Å². The molecule has 0 radical (unpaired) electrons. The first kappa shape index (κ1) is 10.5. The number of carbonyl (C=O) groups is 1. The molecule has 0 N–H and O–H groups in total. The number of hydrogen-bond acceptors (Lipinski definition) is 2. The Labute approximate surface area is 107 Å². The molecule has 0 atom stereocenters. The number of aromatic nitrogens is 2. The number of carbonyl (C=O) groups excluding carboxylic acids is 1. The van der Waals surface area contributed by atoms with Gasteiger partial charge in [0.05, 0.1) is 16.4 Å². The van der Waals surface area contributed by atoms with E-state index in [1.54, 1.807) is 22.8 Å². The summed E-state index contributed by atoms with van der Waals surface area (Å²) in [5, 5.41) is 4.26. The predicted octanol–water partition coefficient (Wildman–Crippen LogP) is 2.22. The highest BCUT2D eigenvalue weighted by Gasteiger charge is 2.26. The second-order valence-corrected chi connectivity index (χ2v) is 4.90. The maximum atomic E-state index is 12.2. The van der Waals surface area contributed by atoms with E-state index in [1.807, 2.05) is 24.3 Å². The molecule has 1 aromatic heterocycles. The van der Waals surface area contributed by atoms with Gasteiger partial charge in [0.1, 0.15) is 5.69 Å². The van der Waals surface area contributed by atoms with E-state index < -0.39 is 0 Å². The molecule has 0 spiro atoms. The normalized spacial score (nSPS) is 14.2. The van der Waals surface area contributed by atoms with Gasteiger partial charge in [0.25, 0.3) is 5.91 Å². The minimum Gasteiger partial charge on any atom is -0.336 e. The first-order valence-corrected chi connectivity index (χ1v) is 6.05. The summed E-state index contributed by atoms with van der Waals surface area (Å²) < 4.78 is 2.43. The molecule has 2 aromatic rings. The van der Waals surface area contributed by atoms with Crippen LogP contribution in [0.15, 0.2) is 34.9 Å². The van der Waals surface area contributed by atoms with Crippen molar-refractivity contribution in [1.82, 2.24) is 14.7 Å². The second-order valence-electron chi connectivity index (χ2n) is 4.04. The van der Waals surface area contributed by atoms with Gasteiger partial charge in [-0.15, -0.1) is 0 Å². The van der Waals surface area contributed by atoms with Crippen molar-refractivity contribution in [3.8, 4) is 5.69 Å². The van der Waals surface area contributed by atoms with E-state index in [0.29, 0.717) is 12.2 Å². The number of para-hydroxylation sites is 1. The molecule has 4 nitrogen and oxygen atoms in total. The van der Waals surface area contributed by atoms with Crippen molar-refractivity contribution in [2.75, 3.05) is 7.05 Å². The number of nitrogens with zero attached hydrogens (tertiary/aromatic N) is 3. The topological polar surface area (TPSA) is 38.1 Å². The third kappa shape index (κ3) is 1.50. The molecule has 2 heterocycles. The number of halogens is 1. The average Bonchev–Trinajstić information content (AvgIpc) is 2.66. The molecule has 17 heavy (non-hydrogen) atoms. The maximum Gasteiger partial charge on any atom is 0.273 e. The number of benzene rings is 1. The second kappa shape index (κ2) is 3.70. The van der Waals surface area contributed by atoms with Gasteiger partial charge >= 0.3 is 0 Å². The van der Waals surface area contributed by atoms with Gasteiger partial charge in [-0.1, -0.05) is 18.2 Å². The van der Waals surface area contributed by atoms with Gasteiger partial charge in [0.15, 0.2) is 0 Å². The van der Waals surface area contributed by atoms with E-state index in [1.165, 1.54) is 0 Å². The van der Waals surface area contributed by atoms with Crippen LogP contribution >= 0.6 is 15.9 Å². The lowest BCUT2D eigenvalue weighted by Crippen LogP contribution is -2.25. The van der Waals surface area contributed by atoms with Crippen LogP contribution < -0.4 is 0 Å². The number of amides is 1. The quantitative estimate of drug-likeness (QED) is 0.746. The minimum atomic E-state index is -0.0226. The molecule has 0 bridgehead atoms. The first-order chi connectivity index (χ1) is 8.18. The van der Waals surface area contributed by atoms with E-state index in [9.17, 15) is 4.79 Å². The van der Waals surface area contributed by atoms with Crippen molar-refractivity contribution in [3.05, 3.63) is 46.2 Å². The Bertz CT molecular complexity index is 606. The van der Waals surface area contributed by atoms with Crippen molar-refractivity contribution < 1.29 is 4.79 Å². The smallest absolute Gasteiger partial charge is 0.273 e. The molecular formula is C12H10BrN3O. The fraction of sp³-hybridized carbons (Fsp3) is 0.167. The summed E-state index contributed by atoms with van der Waals surface area (Å²) in [6.45, 7) is 0.602. The number of rotatable bonds is 0. The highest BCUT2D eigenvalue weighted by molar-refractivity contribution is 9.10. The first-order valence-electron chi connectivity index (χ1n) is 5.26. The zero-order chi connectivity index (χ0) is 12.0. The zero-order valence-corrected chi connectivity index (χ0v) is 10.8. The largest absolute Gasteiger partial charge is 0.336 e. The Morgan fingerprint density at radius 2 is 2.12 bits per heavy atom. The van der Waals surface area contributed by atoms with Crippen LogP contribution in [0.1, 0.15) is 16.1 Å². The maximum absolute atomic E-state index is 12.2. The predicted molar refractivity (Wildman–Crippen MR) is 67.1 cm³/mol. The Morgan fingerprint density at radius 3 is 2.94 bits per heavy atom. The molecule has 1 aliphatic rings. The van der Waals surface area contributed by atoms with Crippen LogP contribution in [0, 0.1) is 0 Å². The van der Waals surface area contributed by atoms with Crippen LogP contribution in [0.2, 0.25) is 0 Å². The standard InChI is InChI=1S/C12H10BrN3O/c1-15-7-8-4-2-3-5-10(8)16-11(12(15)17)9(13)6-14-16/h2-6H,7H2,1H3. The van der Waals surface area contributed by atoms with Crippen molar-refractivity contribution in [1.29, 1.82) is 0 Å². The number of fused-ring (bicyclic) bond motifs is 3. The summed E-state index contributed by atoms with van der Waals surface area (Å²) in [6, 6.07) is 7.92. The Kier molecular flexibility index (Phi) is 2.29. The minimum absolute atomic E-state index is 0.0226. The van der Waals surface area contributed by atoms with Crippen molar-refractivity contribution in [2.24, 2.45) is 0 Å². The third-order valence-corrected chi connectivity index (χ3v) is 3.48. The molecule has 1 aromatic carbocycles. The molecule has 86 valence electrons. The number of hydrogen-bond donors (Lipinski definition) is 0. The van der Waals surface area contributed by atoms with Gasteiger partial charge in [-0.05, 0) is 27.6 Å². The highest BCUT2D eigenvalue weighted by Crippen LogP contribution is 2.27. The Balaban J connectivity index is 2.34. The fourth-order valence-electron chi connectivity index (χ4n) is 2.06. The van der Waals surface area contributed by atoms with Gasteiger partial charge < -0.3 is 4.90 Å².